The molecule has 6 nitrogen and oxygen atoms in total. The lowest BCUT2D eigenvalue weighted by Crippen LogP contribution is -2.15. The zero-order valence-electron chi connectivity index (χ0n) is 12.7. The van der Waals surface area contributed by atoms with Crippen molar-refractivity contribution in [1.29, 1.82) is 0 Å². The van der Waals surface area contributed by atoms with Crippen LogP contribution in [-0.4, -0.2) is 17.4 Å². The van der Waals surface area contributed by atoms with Gasteiger partial charge in [-0.05, 0) is 30.2 Å². The summed E-state index contributed by atoms with van der Waals surface area (Å²) >= 11 is 0. The van der Waals surface area contributed by atoms with Gasteiger partial charge in [0.05, 0.1) is 17.0 Å². The zero-order valence-corrected chi connectivity index (χ0v) is 12.7. The Morgan fingerprint density at radius 3 is 2.50 bits per heavy atom. The number of anilines is 1. The molecule has 0 heterocycles. The van der Waals surface area contributed by atoms with Crippen molar-refractivity contribution < 1.29 is 23.2 Å². The summed E-state index contributed by atoms with van der Waals surface area (Å²) in [5, 5.41) is 13.4. The first-order valence-electron chi connectivity index (χ1n) is 6.94. The van der Waals surface area contributed by atoms with Crippen LogP contribution in [0.4, 0.5) is 20.2 Å². The molecule has 0 aliphatic heterocycles. The van der Waals surface area contributed by atoms with E-state index in [1.54, 1.807) is 13.0 Å². The highest BCUT2D eigenvalue weighted by molar-refractivity contribution is 5.93. The summed E-state index contributed by atoms with van der Waals surface area (Å²) in [5.74, 6) is -0.371. The van der Waals surface area contributed by atoms with E-state index in [9.17, 15) is 23.7 Å². The van der Waals surface area contributed by atoms with Gasteiger partial charge in [0, 0.05) is 12.1 Å². The van der Waals surface area contributed by atoms with Crippen molar-refractivity contribution in [2.24, 2.45) is 0 Å². The van der Waals surface area contributed by atoms with E-state index in [4.69, 9.17) is 0 Å². The molecule has 8 heteroatoms. The fourth-order valence-electron chi connectivity index (χ4n) is 2.03. The Balaban J connectivity index is 2.03. The van der Waals surface area contributed by atoms with E-state index in [1.807, 2.05) is 0 Å². The molecule has 126 valence electrons. The van der Waals surface area contributed by atoms with Crippen LogP contribution in [0.2, 0.25) is 0 Å². The predicted octanol–water partition coefficient (Wildman–Crippen LogP) is 3.69. The smallest absolute Gasteiger partial charge is 0.387 e. The Bertz CT molecular complexity index is 748. The van der Waals surface area contributed by atoms with E-state index in [0.717, 1.165) is 0 Å². The highest BCUT2D eigenvalue weighted by Gasteiger charge is 2.12. The number of hydrogen-bond donors (Lipinski definition) is 1. The number of ether oxygens (including phenoxy) is 1. The molecule has 0 fully saturated rings. The van der Waals surface area contributed by atoms with Gasteiger partial charge in [-0.3, -0.25) is 14.9 Å². The lowest BCUT2D eigenvalue weighted by atomic mass is 10.1. The maximum atomic E-state index is 12.1. The Labute approximate surface area is 136 Å². The molecule has 24 heavy (non-hydrogen) atoms. The molecule has 1 N–H and O–H groups in total. The van der Waals surface area contributed by atoms with Crippen molar-refractivity contribution in [1.82, 2.24) is 0 Å². The van der Waals surface area contributed by atoms with Crippen LogP contribution in [0.25, 0.3) is 0 Å². The van der Waals surface area contributed by atoms with E-state index in [-0.39, 0.29) is 23.8 Å². The quantitative estimate of drug-likeness (QED) is 0.644. The largest absolute Gasteiger partial charge is 0.435 e. The lowest BCUT2D eigenvalue weighted by Gasteiger charge is -2.09. The minimum absolute atomic E-state index is 0.00289. The molecule has 2 aromatic carbocycles. The molecule has 0 aliphatic rings. The summed E-state index contributed by atoms with van der Waals surface area (Å²) in [6.07, 6.45) is -0.00289. The second-order valence-electron chi connectivity index (χ2n) is 5.00. The standard InChI is InChI=1S/C16H14F2N2O4/c1-10-2-5-12(20(22)23)9-14(10)19-15(21)8-11-3-6-13(7-4-11)24-16(17)18/h2-7,9,16H,8H2,1H3,(H,19,21). The molecule has 0 atom stereocenters. The van der Waals surface area contributed by atoms with Gasteiger partial charge in [0.1, 0.15) is 5.75 Å². The molecule has 2 rings (SSSR count). The van der Waals surface area contributed by atoms with Crippen LogP contribution in [0.3, 0.4) is 0 Å². The van der Waals surface area contributed by atoms with Crippen LogP contribution >= 0.6 is 0 Å². The Kier molecular flexibility index (Phi) is 5.41. The first-order valence-corrected chi connectivity index (χ1v) is 6.94. The van der Waals surface area contributed by atoms with E-state index < -0.39 is 11.5 Å². The van der Waals surface area contributed by atoms with Crippen molar-refractivity contribution in [3.63, 3.8) is 0 Å². The first kappa shape index (κ1) is 17.3. The molecular formula is C16H14F2N2O4. The number of non-ortho nitro benzene ring substituents is 1. The number of hydrogen-bond acceptors (Lipinski definition) is 4. The molecule has 0 aliphatic carbocycles. The predicted molar refractivity (Wildman–Crippen MR) is 83.2 cm³/mol. The number of carbonyl (C=O) groups is 1. The van der Waals surface area contributed by atoms with Gasteiger partial charge in [-0.25, -0.2) is 0 Å². The van der Waals surface area contributed by atoms with Crippen LogP contribution in [0.1, 0.15) is 11.1 Å². The number of nitrogens with zero attached hydrogens (tertiary/aromatic N) is 1. The normalized spacial score (nSPS) is 10.5. The molecule has 0 aromatic heterocycles. The number of nitro groups is 1. The van der Waals surface area contributed by atoms with Gasteiger partial charge in [-0.2, -0.15) is 8.78 Å². The molecule has 1 amide bonds. The monoisotopic (exact) mass is 336 g/mol. The fourth-order valence-corrected chi connectivity index (χ4v) is 2.03. The number of alkyl halides is 2. The minimum atomic E-state index is -2.91. The highest BCUT2D eigenvalue weighted by Crippen LogP contribution is 2.22. The fraction of sp³-hybridized carbons (Fsp3) is 0.188. The van der Waals surface area contributed by atoms with Gasteiger partial charge in [0.2, 0.25) is 5.91 Å². The molecule has 0 spiro atoms. The van der Waals surface area contributed by atoms with Crippen LogP contribution in [0, 0.1) is 17.0 Å². The van der Waals surface area contributed by atoms with Gasteiger partial charge in [-0.15, -0.1) is 0 Å². The number of nitro benzene ring substituents is 1. The summed E-state index contributed by atoms with van der Waals surface area (Å²) in [6, 6.07) is 9.86. The summed E-state index contributed by atoms with van der Waals surface area (Å²) in [7, 11) is 0. The van der Waals surface area contributed by atoms with Crippen LogP contribution in [0.15, 0.2) is 42.5 Å². The van der Waals surface area contributed by atoms with Gasteiger partial charge in [0.15, 0.2) is 0 Å². The van der Waals surface area contributed by atoms with Crippen LogP contribution < -0.4 is 10.1 Å². The van der Waals surface area contributed by atoms with Crippen molar-refractivity contribution >= 4 is 17.3 Å². The molecule has 0 radical (unpaired) electrons. The molecule has 2 aromatic rings. The number of aryl methyl sites for hydroxylation is 1. The van der Waals surface area contributed by atoms with Gasteiger partial charge < -0.3 is 10.1 Å². The first-order chi connectivity index (χ1) is 11.3. The Morgan fingerprint density at radius 2 is 1.92 bits per heavy atom. The number of nitrogens with one attached hydrogen (secondary N) is 1. The van der Waals surface area contributed by atoms with Crippen LogP contribution in [0.5, 0.6) is 5.75 Å². The SMILES string of the molecule is Cc1ccc([N+](=O)[O-])cc1NC(=O)Cc1ccc(OC(F)F)cc1. The maximum absolute atomic E-state index is 12.1. The molecule has 0 bridgehead atoms. The third-order valence-corrected chi connectivity index (χ3v) is 3.22. The summed E-state index contributed by atoms with van der Waals surface area (Å²) in [6.45, 7) is -1.19. The average molecular weight is 336 g/mol. The summed E-state index contributed by atoms with van der Waals surface area (Å²) in [5.41, 5.74) is 1.52. The average Bonchev–Trinajstić information content (AvgIpc) is 2.50. The van der Waals surface area contributed by atoms with Gasteiger partial charge >= 0.3 is 6.61 Å². The minimum Gasteiger partial charge on any atom is -0.435 e. The van der Waals surface area contributed by atoms with Crippen molar-refractivity contribution in [3.8, 4) is 5.75 Å². The highest BCUT2D eigenvalue weighted by atomic mass is 19.3. The van der Waals surface area contributed by atoms with E-state index in [0.29, 0.717) is 16.8 Å². The zero-order chi connectivity index (χ0) is 17.7. The second-order valence-corrected chi connectivity index (χ2v) is 5.00. The maximum Gasteiger partial charge on any atom is 0.387 e. The third-order valence-electron chi connectivity index (χ3n) is 3.22. The van der Waals surface area contributed by atoms with Crippen molar-refractivity contribution in [2.75, 3.05) is 5.32 Å². The number of carbonyl (C=O) groups excluding carboxylic acids is 1. The number of rotatable bonds is 6. The molecule has 0 unspecified atom stereocenters. The number of halogens is 2. The molecule has 0 saturated heterocycles. The van der Waals surface area contributed by atoms with Crippen molar-refractivity contribution in [2.45, 2.75) is 20.0 Å². The molecule has 0 saturated carbocycles. The van der Waals surface area contributed by atoms with E-state index >= 15 is 0 Å². The van der Waals surface area contributed by atoms with Gasteiger partial charge in [-0.1, -0.05) is 18.2 Å². The lowest BCUT2D eigenvalue weighted by molar-refractivity contribution is -0.384. The summed E-state index contributed by atoms with van der Waals surface area (Å²) in [4.78, 5) is 22.3. The van der Waals surface area contributed by atoms with E-state index in [1.165, 1.54) is 36.4 Å². The second kappa shape index (κ2) is 7.49. The van der Waals surface area contributed by atoms with Crippen LogP contribution in [-0.2, 0) is 11.2 Å². The van der Waals surface area contributed by atoms with Crippen molar-refractivity contribution in [3.05, 3.63) is 63.7 Å². The Hall–Kier alpha value is -3.03. The Morgan fingerprint density at radius 1 is 1.25 bits per heavy atom. The number of benzene rings is 2. The van der Waals surface area contributed by atoms with E-state index in [2.05, 4.69) is 10.1 Å². The summed E-state index contributed by atoms with van der Waals surface area (Å²) < 4.78 is 28.4. The third kappa shape index (κ3) is 4.73. The topological polar surface area (TPSA) is 81.5 Å². The molecular weight excluding hydrogens is 322 g/mol. The van der Waals surface area contributed by atoms with Gasteiger partial charge in [0.25, 0.3) is 5.69 Å². The number of amides is 1.